The molecule has 32 heavy (non-hydrogen) atoms. The van der Waals surface area contributed by atoms with Crippen molar-refractivity contribution in [1.82, 2.24) is 10.2 Å². The van der Waals surface area contributed by atoms with Crippen molar-refractivity contribution in [2.24, 2.45) is 10.9 Å². The average molecular weight is 446 g/mol. The number of nitrogens with two attached hydrogens (primary N) is 1. The Kier molecular flexibility index (Phi) is 7.66. The second-order valence-corrected chi connectivity index (χ2v) is 8.66. The number of allylic oxidation sites excluding steroid dienone is 1. The first kappa shape index (κ1) is 23.9. The van der Waals surface area contributed by atoms with E-state index in [1.54, 1.807) is 6.07 Å². The van der Waals surface area contributed by atoms with Crippen LogP contribution in [0, 0.1) is 18.3 Å². The van der Waals surface area contributed by atoms with E-state index in [1.165, 1.54) is 6.21 Å². The number of benzene rings is 1. The lowest BCUT2D eigenvalue weighted by Gasteiger charge is -2.34. The Balaban J connectivity index is 2.01. The van der Waals surface area contributed by atoms with Crippen LogP contribution in [-0.4, -0.2) is 56.2 Å². The number of likely N-dealkylation sites (tertiary alicyclic amines) is 1. The van der Waals surface area contributed by atoms with Gasteiger partial charge in [-0.05, 0) is 64.0 Å². The number of hydrogen-bond acceptors (Lipinski definition) is 6. The number of amidine groups is 1. The predicted molar refractivity (Wildman–Crippen MR) is 126 cm³/mol. The molecule has 3 rings (SSSR count). The molecule has 1 fully saturated rings. The third-order valence-electron chi connectivity index (χ3n) is 6.08. The number of nitrogens with one attached hydrogen (secondary N) is 2. The molecule has 0 saturated carbocycles. The fraction of sp³-hybridized carbons (Fsp3) is 0.500. The van der Waals surface area contributed by atoms with Crippen LogP contribution in [-0.2, 0) is 4.74 Å². The average Bonchev–Trinajstić information content (AvgIpc) is 2.75. The molecule has 6 nitrogen and oxygen atoms in total. The van der Waals surface area contributed by atoms with E-state index in [0.717, 1.165) is 37.3 Å². The molecule has 1 atom stereocenters. The van der Waals surface area contributed by atoms with Crippen LogP contribution in [0.25, 0.3) is 5.57 Å². The highest BCUT2D eigenvalue weighted by Gasteiger charge is 2.29. The van der Waals surface area contributed by atoms with Crippen molar-refractivity contribution in [3.8, 4) is 0 Å². The van der Waals surface area contributed by atoms with E-state index in [-0.39, 0.29) is 11.8 Å². The molecule has 0 spiro atoms. The Morgan fingerprint density at radius 2 is 2.09 bits per heavy atom. The van der Waals surface area contributed by atoms with Crippen molar-refractivity contribution in [3.05, 3.63) is 46.9 Å². The number of aryl methyl sites for hydroxylation is 1. The van der Waals surface area contributed by atoms with Crippen LogP contribution in [0.5, 0.6) is 0 Å². The van der Waals surface area contributed by atoms with Crippen LogP contribution in [0.4, 0.5) is 14.5 Å². The quantitative estimate of drug-likeness (QED) is 0.333. The first-order valence-electron chi connectivity index (χ1n) is 11.0. The number of piperidine rings is 1. The molecule has 8 heteroatoms. The number of ether oxygens (including phenoxy) is 1. The Labute approximate surface area is 188 Å². The minimum Gasteiger partial charge on any atom is -0.485 e. The van der Waals surface area contributed by atoms with Gasteiger partial charge in [0.1, 0.15) is 18.2 Å². The Morgan fingerprint density at radius 1 is 1.41 bits per heavy atom. The van der Waals surface area contributed by atoms with Gasteiger partial charge >= 0.3 is 0 Å². The van der Waals surface area contributed by atoms with Crippen molar-refractivity contribution in [3.63, 3.8) is 0 Å². The maximum atomic E-state index is 13.1. The van der Waals surface area contributed by atoms with Gasteiger partial charge in [0.15, 0.2) is 0 Å². The predicted octanol–water partition coefficient (Wildman–Crippen LogP) is 4.20. The van der Waals surface area contributed by atoms with Gasteiger partial charge in [-0.3, -0.25) is 4.99 Å². The molecule has 0 aliphatic carbocycles. The van der Waals surface area contributed by atoms with Crippen molar-refractivity contribution in [1.29, 1.82) is 5.41 Å². The minimum absolute atomic E-state index is 0.0111. The number of rotatable bonds is 7. The zero-order valence-electron chi connectivity index (χ0n) is 19.0. The number of hydrogen-bond donors (Lipinski definition) is 3. The summed E-state index contributed by atoms with van der Waals surface area (Å²) in [5.41, 5.74) is 9.63. The summed E-state index contributed by atoms with van der Waals surface area (Å²) in [7, 11) is 2.11. The van der Waals surface area contributed by atoms with Gasteiger partial charge in [-0.25, -0.2) is 8.78 Å². The summed E-state index contributed by atoms with van der Waals surface area (Å²) in [6.07, 6.45) is 1.05. The largest absolute Gasteiger partial charge is 0.485 e. The molecule has 0 radical (unpaired) electrons. The number of halogens is 2. The Hall–Kier alpha value is -2.74. The second-order valence-electron chi connectivity index (χ2n) is 8.66. The standard InChI is InChI=1S/C24H33F2N5O/c1-14-5-6-19(28)18(12-27)22(14)16(3)23(32-13-21(25)26)20-11-15(2)29-24(30-20)17-7-9-31(4)10-8-17/h5-6,12,15,17,21,27H,3,7-11,13,28H2,1-2,4H3,(H,29,30)/b23-20-,27-12?/t15-/m0/s1. The van der Waals surface area contributed by atoms with Crippen molar-refractivity contribution in [2.45, 2.75) is 45.6 Å². The van der Waals surface area contributed by atoms with Gasteiger partial charge < -0.3 is 26.1 Å². The van der Waals surface area contributed by atoms with Crippen LogP contribution in [0.3, 0.4) is 0 Å². The SMILES string of the molecule is C=C(/C(OCC(F)F)=C1\C[C@H](C)N=C(C2CCN(C)CC2)N1)c1c(C)ccc(N)c1C=N. The van der Waals surface area contributed by atoms with E-state index < -0.39 is 13.0 Å². The van der Waals surface area contributed by atoms with Gasteiger partial charge in [0, 0.05) is 35.4 Å². The molecule has 2 heterocycles. The van der Waals surface area contributed by atoms with Crippen LogP contribution in [0.2, 0.25) is 0 Å². The van der Waals surface area contributed by atoms with E-state index in [4.69, 9.17) is 20.9 Å². The third kappa shape index (κ3) is 5.35. The maximum Gasteiger partial charge on any atom is 0.272 e. The van der Waals surface area contributed by atoms with Gasteiger partial charge in [-0.15, -0.1) is 0 Å². The number of aliphatic imine (C=N–C) groups is 1. The van der Waals surface area contributed by atoms with Crippen LogP contribution in [0.15, 0.2) is 35.2 Å². The van der Waals surface area contributed by atoms with Crippen LogP contribution >= 0.6 is 0 Å². The van der Waals surface area contributed by atoms with E-state index in [1.807, 2.05) is 19.9 Å². The fourth-order valence-corrected chi connectivity index (χ4v) is 4.37. The molecular formula is C24H33F2N5O. The van der Waals surface area contributed by atoms with E-state index in [2.05, 4.69) is 23.8 Å². The lowest BCUT2D eigenvalue weighted by Crippen LogP contribution is -2.42. The fourth-order valence-electron chi connectivity index (χ4n) is 4.37. The highest BCUT2D eigenvalue weighted by atomic mass is 19.3. The second kappa shape index (κ2) is 10.3. The highest BCUT2D eigenvalue weighted by Crippen LogP contribution is 2.34. The number of nitrogen functional groups attached to an aromatic ring is 1. The Bertz CT molecular complexity index is 933. The lowest BCUT2D eigenvalue weighted by molar-refractivity contribution is 0.0522. The number of alkyl halides is 2. The molecule has 1 aromatic carbocycles. The third-order valence-corrected chi connectivity index (χ3v) is 6.08. The maximum absolute atomic E-state index is 13.1. The van der Waals surface area contributed by atoms with Gasteiger partial charge in [-0.1, -0.05) is 12.6 Å². The highest BCUT2D eigenvalue weighted by molar-refractivity contribution is 5.96. The smallest absolute Gasteiger partial charge is 0.272 e. The van der Waals surface area contributed by atoms with Gasteiger partial charge in [0.05, 0.1) is 11.7 Å². The molecule has 0 amide bonds. The van der Waals surface area contributed by atoms with Gasteiger partial charge in [0.25, 0.3) is 6.43 Å². The summed E-state index contributed by atoms with van der Waals surface area (Å²) in [6.45, 7) is 9.32. The molecule has 4 N–H and O–H groups in total. The molecule has 2 aliphatic heterocycles. The van der Waals surface area contributed by atoms with Crippen molar-refractivity contribution >= 4 is 23.3 Å². The van der Waals surface area contributed by atoms with Crippen LogP contribution < -0.4 is 11.1 Å². The summed E-state index contributed by atoms with van der Waals surface area (Å²) >= 11 is 0. The minimum atomic E-state index is -2.62. The summed E-state index contributed by atoms with van der Waals surface area (Å²) < 4.78 is 31.9. The van der Waals surface area contributed by atoms with Gasteiger partial charge in [-0.2, -0.15) is 0 Å². The molecule has 1 saturated heterocycles. The van der Waals surface area contributed by atoms with Gasteiger partial charge in [0.2, 0.25) is 0 Å². The molecule has 0 aromatic heterocycles. The van der Waals surface area contributed by atoms with Crippen LogP contribution in [0.1, 0.15) is 42.9 Å². The summed E-state index contributed by atoms with van der Waals surface area (Å²) in [4.78, 5) is 7.11. The number of anilines is 1. The Morgan fingerprint density at radius 3 is 2.72 bits per heavy atom. The lowest BCUT2D eigenvalue weighted by atomic mass is 9.91. The first-order chi connectivity index (χ1) is 15.2. The molecule has 2 aliphatic rings. The monoisotopic (exact) mass is 445 g/mol. The van der Waals surface area contributed by atoms with E-state index in [9.17, 15) is 8.78 Å². The van der Waals surface area contributed by atoms with Crippen molar-refractivity contribution in [2.75, 3.05) is 32.5 Å². The molecular weight excluding hydrogens is 412 g/mol. The molecule has 1 aromatic rings. The normalized spacial score (nSPS) is 21.7. The van der Waals surface area contributed by atoms with E-state index in [0.29, 0.717) is 40.4 Å². The van der Waals surface area contributed by atoms with Crippen molar-refractivity contribution < 1.29 is 13.5 Å². The molecule has 174 valence electrons. The summed E-state index contributed by atoms with van der Waals surface area (Å²) in [6, 6.07) is 3.55. The topological polar surface area (TPSA) is 86.7 Å². The summed E-state index contributed by atoms with van der Waals surface area (Å²) in [5.74, 6) is 1.46. The molecule has 0 bridgehead atoms. The first-order valence-corrected chi connectivity index (χ1v) is 11.0. The summed E-state index contributed by atoms with van der Waals surface area (Å²) in [5, 5.41) is 11.2. The van der Waals surface area contributed by atoms with E-state index >= 15 is 0 Å². The number of nitrogens with zero attached hydrogens (tertiary/aromatic N) is 2. The zero-order valence-corrected chi connectivity index (χ0v) is 19.0. The molecule has 0 unspecified atom stereocenters. The zero-order chi connectivity index (χ0) is 23.4.